The Hall–Kier alpha value is -0.990. The highest BCUT2D eigenvalue weighted by atomic mass is 16.5. The zero-order valence-corrected chi connectivity index (χ0v) is 4.70. The van der Waals surface area contributed by atoms with Gasteiger partial charge in [-0.15, -0.1) is 9.94 Å². The van der Waals surface area contributed by atoms with Gasteiger partial charge in [0.2, 0.25) is 0 Å². The summed E-state index contributed by atoms with van der Waals surface area (Å²) in [7, 11) is 0. The van der Waals surface area contributed by atoms with Gasteiger partial charge in [-0.05, 0) is 12.0 Å². The van der Waals surface area contributed by atoms with Gasteiger partial charge in [0.05, 0.1) is 12.4 Å². The molecular weight excluding hydrogens is 104 g/mol. The molecule has 0 atom stereocenters. The molecule has 0 aliphatic heterocycles. The van der Waals surface area contributed by atoms with Gasteiger partial charge in [0, 0.05) is 0 Å². The number of aryl methyl sites for hydroxylation is 1. The van der Waals surface area contributed by atoms with Crippen LogP contribution < -0.4 is 0 Å². The van der Waals surface area contributed by atoms with Crippen LogP contribution >= 0.6 is 0 Å². The molecule has 0 fully saturated rings. The lowest BCUT2D eigenvalue weighted by Gasteiger charge is -1.80. The molecular formula is C5H8N2O. The molecule has 0 saturated heterocycles. The van der Waals surface area contributed by atoms with Crippen LogP contribution in [0.3, 0.4) is 0 Å². The van der Waals surface area contributed by atoms with Crippen LogP contribution in [0.25, 0.3) is 0 Å². The second-order valence-electron chi connectivity index (χ2n) is 1.62. The third-order valence-corrected chi connectivity index (χ3v) is 1.03. The van der Waals surface area contributed by atoms with Gasteiger partial charge in [0.1, 0.15) is 0 Å². The molecule has 0 aliphatic carbocycles. The number of aromatic nitrogens is 2. The van der Waals surface area contributed by atoms with E-state index >= 15 is 0 Å². The van der Waals surface area contributed by atoms with Gasteiger partial charge in [-0.25, -0.2) is 0 Å². The summed E-state index contributed by atoms with van der Waals surface area (Å²) in [5, 5.41) is 12.1. The van der Waals surface area contributed by atoms with Crippen molar-refractivity contribution in [2.75, 3.05) is 0 Å². The largest absolute Gasteiger partial charge is 0.412 e. The first kappa shape index (κ1) is 5.15. The Morgan fingerprint density at radius 2 is 2.62 bits per heavy atom. The zero-order valence-electron chi connectivity index (χ0n) is 4.70. The van der Waals surface area contributed by atoms with E-state index in [1.165, 1.54) is 0 Å². The summed E-state index contributed by atoms with van der Waals surface area (Å²) in [5.74, 6) is 0. The van der Waals surface area contributed by atoms with E-state index in [-0.39, 0.29) is 0 Å². The zero-order chi connectivity index (χ0) is 5.98. The molecule has 1 aromatic heterocycles. The van der Waals surface area contributed by atoms with E-state index in [4.69, 9.17) is 5.21 Å². The summed E-state index contributed by atoms with van der Waals surface area (Å²) >= 11 is 0. The van der Waals surface area contributed by atoms with Crippen LogP contribution in [0.5, 0.6) is 0 Å². The van der Waals surface area contributed by atoms with Gasteiger partial charge < -0.3 is 5.21 Å². The molecule has 3 nitrogen and oxygen atoms in total. The first-order valence-corrected chi connectivity index (χ1v) is 2.55. The smallest absolute Gasteiger partial charge is 0.0696 e. The van der Waals surface area contributed by atoms with Crippen molar-refractivity contribution in [3.8, 4) is 0 Å². The molecule has 0 bridgehead atoms. The number of hydrogen-bond acceptors (Lipinski definition) is 2. The highest BCUT2D eigenvalue weighted by Gasteiger charge is 1.89. The summed E-state index contributed by atoms with van der Waals surface area (Å²) in [5.41, 5.74) is 1.05. The summed E-state index contributed by atoms with van der Waals surface area (Å²) in [6, 6.07) is 0. The minimum absolute atomic E-state index is 0.818. The number of hydrogen-bond donors (Lipinski definition) is 1. The second-order valence-corrected chi connectivity index (χ2v) is 1.62. The summed E-state index contributed by atoms with van der Waals surface area (Å²) in [4.78, 5) is 0.818. The summed E-state index contributed by atoms with van der Waals surface area (Å²) in [6.07, 6.45) is 4.14. The van der Waals surface area contributed by atoms with Gasteiger partial charge in [-0.3, -0.25) is 0 Å². The first-order chi connectivity index (χ1) is 3.83. The first-order valence-electron chi connectivity index (χ1n) is 2.55. The van der Waals surface area contributed by atoms with Crippen molar-refractivity contribution in [1.82, 2.24) is 9.94 Å². The van der Waals surface area contributed by atoms with E-state index < -0.39 is 0 Å². The lowest BCUT2D eigenvalue weighted by atomic mass is 10.3. The lowest BCUT2D eigenvalue weighted by molar-refractivity contribution is 0.148. The summed E-state index contributed by atoms with van der Waals surface area (Å²) in [6.45, 7) is 2.01. The third kappa shape index (κ3) is 0.804. The predicted molar refractivity (Wildman–Crippen MR) is 28.8 cm³/mol. The van der Waals surface area contributed by atoms with Crippen molar-refractivity contribution in [3.05, 3.63) is 18.0 Å². The monoisotopic (exact) mass is 112 g/mol. The third-order valence-electron chi connectivity index (χ3n) is 1.03. The Labute approximate surface area is 47.5 Å². The highest BCUT2D eigenvalue weighted by molar-refractivity contribution is 5.01. The molecule has 0 saturated carbocycles. The van der Waals surface area contributed by atoms with E-state index in [1.54, 1.807) is 12.4 Å². The van der Waals surface area contributed by atoms with Crippen LogP contribution in [0, 0.1) is 0 Å². The molecule has 1 rings (SSSR count). The molecule has 0 aliphatic rings. The van der Waals surface area contributed by atoms with E-state index in [1.807, 2.05) is 6.92 Å². The quantitative estimate of drug-likeness (QED) is 0.542. The molecule has 44 valence electrons. The number of nitrogens with zero attached hydrogens (tertiary/aromatic N) is 2. The highest BCUT2D eigenvalue weighted by Crippen LogP contribution is 1.94. The molecule has 0 amide bonds. The van der Waals surface area contributed by atoms with Crippen molar-refractivity contribution in [2.24, 2.45) is 0 Å². The van der Waals surface area contributed by atoms with E-state index in [0.29, 0.717) is 0 Å². The minimum atomic E-state index is 0.818. The molecule has 0 unspecified atom stereocenters. The van der Waals surface area contributed by atoms with Crippen molar-refractivity contribution >= 4 is 0 Å². The van der Waals surface area contributed by atoms with E-state index in [0.717, 1.165) is 16.8 Å². The van der Waals surface area contributed by atoms with Crippen molar-refractivity contribution in [3.63, 3.8) is 0 Å². The fraction of sp³-hybridized carbons (Fsp3) is 0.400. The second kappa shape index (κ2) is 1.86. The molecule has 0 aromatic carbocycles. The minimum Gasteiger partial charge on any atom is -0.412 e. The van der Waals surface area contributed by atoms with Crippen molar-refractivity contribution < 1.29 is 5.21 Å². The molecule has 1 N–H and O–H groups in total. The molecule has 1 heterocycles. The van der Waals surface area contributed by atoms with Gasteiger partial charge in [-0.2, -0.15) is 0 Å². The normalized spacial score (nSPS) is 9.62. The molecule has 0 spiro atoms. The van der Waals surface area contributed by atoms with Gasteiger partial charge >= 0.3 is 0 Å². The lowest BCUT2D eigenvalue weighted by Crippen LogP contribution is -1.86. The Kier molecular flexibility index (Phi) is 1.20. The molecule has 8 heavy (non-hydrogen) atoms. The van der Waals surface area contributed by atoms with Gasteiger partial charge in [-0.1, -0.05) is 6.92 Å². The van der Waals surface area contributed by atoms with E-state index in [9.17, 15) is 0 Å². The van der Waals surface area contributed by atoms with Crippen molar-refractivity contribution in [2.45, 2.75) is 13.3 Å². The topological polar surface area (TPSA) is 38.0 Å². The number of rotatable bonds is 1. The maximum absolute atomic E-state index is 8.59. The van der Waals surface area contributed by atoms with E-state index in [2.05, 4.69) is 5.10 Å². The molecule has 3 heteroatoms. The average Bonchev–Trinajstić information content (AvgIpc) is 2.14. The predicted octanol–water partition coefficient (Wildman–Crippen LogP) is 0.683. The standard InChI is InChI=1S/C5H8N2O/c1-2-5-3-6-7(8)4-5/h3-4,8H,2H2,1H3. The summed E-state index contributed by atoms with van der Waals surface area (Å²) < 4.78 is 0. The van der Waals surface area contributed by atoms with Crippen LogP contribution in [0.15, 0.2) is 12.4 Å². The fourth-order valence-electron chi connectivity index (χ4n) is 0.531. The van der Waals surface area contributed by atoms with Crippen LogP contribution in [-0.2, 0) is 6.42 Å². The molecule has 1 aromatic rings. The Morgan fingerprint density at radius 1 is 1.88 bits per heavy atom. The fourth-order valence-corrected chi connectivity index (χ4v) is 0.531. The van der Waals surface area contributed by atoms with Crippen LogP contribution in [0.1, 0.15) is 12.5 Å². The van der Waals surface area contributed by atoms with Crippen molar-refractivity contribution in [1.29, 1.82) is 0 Å². The van der Waals surface area contributed by atoms with Gasteiger partial charge in [0.15, 0.2) is 0 Å². The van der Waals surface area contributed by atoms with Crippen LogP contribution in [0.4, 0.5) is 0 Å². The Bertz CT molecular complexity index is 171. The Balaban J connectivity index is 2.84. The van der Waals surface area contributed by atoms with Crippen LogP contribution in [0.2, 0.25) is 0 Å². The molecule has 0 radical (unpaired) electrons. The maximum Gasteiger partial charge on any atom is 0.0696 e. The SMILES string of the molecule is CCc1cnn(O)c1. The van der Waals surface area contributed by atoms with Crippen LogP contribution in [-0.4, -0.2) is 15.2 Å². The Morgan fingerprint density at radius 3 is 2.88 bits per heavy atom. The van der Waals surface area contributed by atoms with Gasteiger partial charge in [0.25, 0.3) is 0 Å². The maximum atomic E-state index is 8.59. The average molecular weight is 112 g/mol.